The number of aliphatic hydroxyl groups is 1. The van der Waals surface area contributed by atoms with Crippen LogP contribution in [-0.2, 0) is 22.6 Å². The molecule has 1 fully saturated rings. The number of carbonyl (C=O) groups is 2. The number of ether oxygens (including phenoxy) is 2. The number of hydrogen-bond donors (Lipinski definition) is 1. The van der Waals surface area contributed by atoms with Crippen LogP contribution in [0.4, 0.5) is 0 Å². The molecule has 178 valence electrons. The van der Waals surface area contributed by atoms with E-state index >= 15 is 0 Å². The maximum Gasteiger partial charge on any atom is 0.295 e. The van der Waals surface area contributed by atoms with Crippen LogP contribution >= 0.6 is 0 Å². The second-order valence-electron chi connectivity index (χ2n) is 8.87. The molecule has 35 heavy (non-hydrogen) atoms. The summed E-state index contributed by atoms with van der Waals surface area (Å²) in [6, 6.07) is 21.5. The van der Waals surface area contributed by atoms with Crippen molar-refractivity contribution < 1.29 is 24.2 Å². The fourth-order valence-electron chi connectivity index (χ4n) is 4.81. The number of likely N-dealkylation sites (tertiary alicyclic amines) is 1. The first kappa shape index (κ1) is 22.7. The van der Waals surface area contributed by atoms with Gasteiger partial charge in [0.1, 0.15) is 23.4 Å². The van der Waals surface area contributed by atoms with Crippen molar-refractivity contribution in [2.75, 3.05) is 6.61 Å². The fraction of sp³-hybridized carbons (Fsp3) is 0.241. The highest BCUT2D eigenvalue weighted by Gasteiger charge is 2.46. The molecule has 1 N–H and O–H groups in total. The summed E-state index contributed by atoms with van der Waals surface area (Å²) in [4.78, 5) is 28.1. The molecule has 1 amide bonds. The van der Waals surface area contributed by atoms with Crippen molar-refractivity contribution in [2.45, 2.75) is 39.0 Å². The van der Waals surface area contributed by atoms with Crippen molar-refractivity contribution in [3.8, 4) is 11.5 Å². The van der Waals surface area contributed by atoms with Gasteiger partial charge in [0.25, 0.3) is 11.7 Å². The highest BCUT2D eigenvalue weighted by atomic mass is 16.5. The third-order valence-corrected chi connectivity index (χ3v) is 6.41. The molecule has 1 saturated heterocycles. The van der Waals surface area contributed by atoms with Crippen LogP contribution in [-0.4, -0.2) is 34.4 Å². The lowest BCUT2D eigenvalue weighted by Gasteiger charge is -2.25. The highest BCUT2D eigenvalue weighted by Crippen LogP contribution is 2.41. The Bertz CT molecular complexity index is 1300. The van der Waals surface area contributed by atoms with E-state index < -0.39 is 17.7 Å². The number of fused-ring (bicyclic) bond motifs is 1. The van der Waals surface area contributed by atoms with Gasteiger partial charge in [0.15, 0.2) is 0 Å². The lowest BCUT2D eigenvalue weighted by molar-refractivity contribution is -0.140. The SMILES string of the molecule is CCOc1ccc([C@@H]2C(=C(O)c3ccc4c(c3)C[C@H](C)O4)C(=O)C(=O)N2Cc2ccccc2)cc1. The Hall–Kier alpha value is -4.06. The Labute approximate surface area is 204 Å². The third-order valence-electron chi connectivity index (χ3n) is 6.41. The Balaban J connectivity index is 1.60. The maximum absolute atomic E-state index is 13.3. The second-order valence-corrected chi connectivity index (χ2v) is 8.87. The minimum atomic E-state index is -0.727. The third kappa shape index (κ3) is 4.28. The van der Waals surface area contributed by atoms with Crippen LogP contribution in [0, 0.1) is 0 Å². The van der Waals surface area contributed by atoms with Gasteiger partial charge in [-0.15, -0.1) is 0 Å². The van der Waals surface area contributed by atoms with Gasteiger partial charge < -0.3 is 19.5 Å². The number of ketones is 1. The van der Waals surface area contributed by atoms with Crippen LogP contribution < -0.4 is 9.47 Å². The van der Waals surface area contributed by atoms with Crippen LogP contribution in [0.1, 0.15) is 42.1 Å². The molecule has 3 aromatic carbocycles. The van der Waals surface area contributed by atoms with Crippen molar-refractivity contribution in [2.24, 2.45) is 0 Å². The number of carbonyl (C=O) groups excluding carboxylic acids is 2. The van der Waals surface area contributed by atoms with Crippen molar-refractivity contribution >= 4 is 17.4 Å². The number of benzene rings is 3. The van der Waals surface area contributed by atoms with Crippen molar-refractivity contribution in [1.29, 1.82) is 0 Å². The molecule has 0 saturated carbocycles. The van der Waals surface area contributed by atoms with Gasteiger partial charge in [-0.1, -0.05) is 42.5 Å². The predicted molar refractivity (Wildman–Crippen MR) is 132 cm³/mol. The van der Waals surface area contributed by atoms with Crippen molar-refractivity contribution in [3.05, 3.63) is 101 Å². The topological polar surface area (TPSA) is 76.1 Å². The first-order valence-corrected chi connectivity index (χ1v) is 11.8. The van der Waals surface area contributed by atoms with Crippen LogP contribution in [0.15, 0.2) is 78.4 Å². The molecule has 2 aliphatic rings. The van der Waals surface area contributed by atoms with E-state index in [1.165, 1.54) is 4.90 Å². The molecular weight excluding hydrogens is 442 g/mol. The molecule has 0 bridgehead atoms. The zero-order valence-corrected chi connectivity index (χ0v) is 19.7. The Morgan fingerprint density at radius 1 is 1.06 bits per heavy atom. The highest BCUT2D eigenvalue weighted by molar-refractivity contribution is 6.46. The largest absolute Gasteiger partial charge is 0.507 e. The number of amides is 1. The average Bonchev–Trinajstić information content (AvgIpc) is 3.36. The molecule has 0 radical (unpaired) electrons. The van der Waals surface area contributed by atoms with Gasteiger partial charge in [0.2, 0.25) is 0 Å². The van der Waals surface area contributed by atoms with E-state index in [0.29, 0.717) is 17.9 Å². The van der Waals surface area contributed by atoms with E-state index in [2.05, 4.69) is 0 Å². The van der Waals surface area contributed by atoms with E-state index in [4.69, 9.17) is 9.47 Å². The van der Waals surface area contributed by atoms with Crippen molar-refractivity contribution in [1.82, 2.24) is 4.90 Å². The molecule has 0 aliphatic carbocycles. The zero-order chi connectivity index (χ0) is 24.5. The first-order chi connectivity index (χ1) is 17.0. The summed E-state index contributed by atoms with van der Waals surface area (Å²) in [6.45, 7) is 4.67. The number of hydrogen-bond acceptors (Lipinski definition) is 5. The van der Waals surface area contributed by atoms with Gasteiger partial charge in [0.05, 0.1) is 18.2 Å². The van der Waals surface area contributed by atoms with E-state index in [1.807, 2.05) is 74.5 Å². The number of aliphatic hydroxyl groups excluding tert-OH is 1. The smallest absolute Gasteiger partial charge is 0.295 e. The minimum absolute atomic E-state index is 0.0581. The predicted octanol–water partition coefficient (Wildman–Crippen LogP) is 5.03. The molecule has 0 spiro atoms. The van der Waals surface area contributed by atoms with Crippen LogP contribution in [0.5, 0.6) is 11.5 Å². The number of Topliss-reactive ketones (excluding diaryl/α,β-unsaturated/α-hetero) is 1. The van der Waals surface area contributed by atoms with E-state index in [-0.39, 0.29) is 24.0 Å². The lowest BCUT2D eigenvalue weighted by atomic mass is 9.94. The molecule has 0 unspecified atom stereocenters. The standard InChI is InChI=1S/C29H27NO5/c1-3-34-23-12-9-20(10-13-23)26-25(27(31)21-11-14-24-22(16-21)15-18(2)35-24)28(32)29(33)30(26)17-19-7-5-4-6-8-19/h4-14,16,18,26,31H,3,15,17H2,1-2H3/t18-,26+/m0/s1. The van der Waals surface area contributed by atoms with E-state index in [0.717, 1.165) is 28.9 Å². The molecule has 6 heteroatoms. The molecule has 2 atom stereocenters. The summed E-state index contributed by atoms with van der Waals surface area (Å²) in [6.07, 6.45) is 0.781. The molecule has 5 rings (SSSR count). The zero-order valence-electron chi connectivity index (χ0n) is 19.7. The summed E-state index contributed by atoms with van der Waals surface area (Å²) in [5.41, 5.74) is 3.17. The minimum Gasteiger partial charge on any atom is -0.507 e. The summed E-state index contributed by atoms with van der Waals surface area (Å²) in [7, 11) is 0. The summed E-state index contributed by atoms with van der Waals surface area (Å²) in [5, 5.41) is 11.4. The summed E-state index contributed by atoms with van der Waals surface area (Å²) < 4.78 is 11.3. The summed E-state index contributed by atoms with van der Waals surface area (Å²) >= 11 is 0. The number of rotatable bonds is 6. The molecule has 2 aliphatic heterocycles. The van der Waals surface area contributed by atoms with E-state index in [9.17, 15) is 14.7 Å². The van der Waals surface area contributed by atoms with Crippen LogP contribution in [0.2, 0.25) is 0 Å². The Morgan fingerprint density at radius 2 is 1.80 bits per heavy atom. The number of nitrogens with zero attached hydrogens (tertiary/aromatic N) is 1. The fourth-order valence-corrected chi connectivity index (χ4v) is 4.81. The summed E-state index contributed by atoms with van der Waals surface area (Å²) in [5.74, 6) is -0.0272. The quantitative estimate of drug-likeness (QED) is 0.311. The molecule has 2 heterocycles. The lowest BCUT2D eigenvalue weighted by Crippen LogP contribution is -2.29. The van der Waals surface area contributed by atoms with Gasteiger partial charge in [-0.05, 0) is 60.9 Å². The van der Waals surface area contributed by atoms with Gasteiger partial charge in [-0.25, -0.2) is 0 Å². The first-order valence-electron chi connectivity index (χ1n) is 11.8. The van der Waals surface area contributed by atoms with Gasteiger partial charge in [-0.3, -0.25) is 9.59 Å². The van der Waals surface area contributed by atoms with Crippen LogP contribution in [0.3, 0.4) is 0 Å². The van der Waals surface area contributed by atoms with E-state index in [1.54, 1.807) is 12.1 Å². The normalized spacial score (nSPS) is 20.6. The van der Waals surface area contributed by atoms with Gasteiger partial charge in [-0.2, -0.15) is 0 Å². The Morgan fingerprint density at radius 3 is 2.51 bits per heavy atom. The molecule has 6 nitrogen and oxygen atoms in total. The molecule has 0 aromatic heterocycles. The van der Waals surface area contributed by atoms with Crippen LogP contribution in [0.25, 0.3) is 5.76 Å². The van der Waals surface area contributed by atoms with Crippen molar-refractivity contribution in [3.63, 3.8) is 0 Å². The molecule has 3 aromatic rings. The van der Waals surface area contributed by atoms with Gasteiger partial charge >= 0.3 is 0 Å². The average molecular weight is 470 g/mol. The molecular formula is C29H27NO5. The Kier molecular flexibility index (Phi) is 6.03. The maximum atomic E-state index is 13.3. The van der Waals surface area contributed by atoms with Gasteiger partial charge in [0, 0.05) is 18.5 Å². The monoisotopic (exact) mass is 469 g/mol. The second kappa shape index (κ2) is 9.29.